The van der Waals surface area contributed by atoms with E-state index in [9.17, 15) is 10.1 Å². The van der Waals surface area contributed by atoms with Gasteiger partial charge in [0.15, 0.2) is 0 Å². The first-order chi connectivity index (χ1) is 8.08. The van der Waals surface area contributed by atoms with Gasteiger partial charge < -0.3 is 5.32 Å². The Hall–Kier alpha value is -2.18. The molecule has 0 radical (unpaired) electrons. The summed E-state index contributed by atoms with van der Waals surface area (Å²) in [4.78, 5) is 10.4. The molecule has 0 saturated carbocycles. The van der Waals surface area contributed by atoms with Crippen molar-refractivity contribution in [3.8, 4) is 0 Å². The van der Waals surface area contributed by atoms with Crippen LogP contribution in [-0.2, 0) is 0 Å². The van der Waals surface area contributed by atoms with Crippen molar-refractivity contribution in [2.75, 3.05) is 11.9 Å². The maximum atomic E-state index is 10.9. The number of hydrogen-bond donors (Lipinski definition) is 1. The molecule has 7 nitrogen and oxygen atoms in total. The zero-order valence-electron chi connectivity index (χ0n) is 9.51. The summed E-state index contributed by atoms with van der Waals surface area (Å²) in [6, 6.07) is 3.12. The Kier molecular flexibility index (Phi) is 2.90. The van der Waals surface area contributed by atoms with Crippen LogP contribution >= 0.6 is 0 Å². The standard InChI is InChI=1S/C10H12N4O3/c1-6(2)5-11-7-3-8-10(13-17-12-8)9(4-7)14(15)16/h3-4,6,11H,5H2,1-2H3. The molecule has 0 aliphatic carbocycles. The Morgan fingerprint density at radius 1 is 1.47 bits per heavy atom. The zero-order valence-corrected chi connectivity index (χ0v) is 9.51. The molecular formula is C10H12N4O3. The second-order valence-electron chi connectivity index (χ2n) is 4.16. The molecule has 0 unspecified atom stereocenters. The van der Waals surface area contributed by atoms with E-state index >= 15 is 0 Å². The maximum absolute atomic E-state index is 10.9. The molecule has 0 amide bonds. The molecule has 0 spiro atoms. The Labute approximate surface area is 96.9 Å². The summed E-state index contributed by atoms with van der Waals surface area (Å²) in [6.07, 6.45) is 0. The maximum Gasteiger partial charge on any atom is 0.302 e. The van der Waals surface area contributed by atoms with Crippen molar-refractivity contribution in [3.63, 3.8) is 0 Å². The number of nitrogens with one attached hydrogen (secondary N) is 1. The van der Waals surface area contributed by atoms with Gasteiger partial charge in [-0.05, 0) is 22.3 Å². The van der Waals surface area contributed by atoms with E-state index in [4.69, 9.17) is 0 Å². The lowest BCUT2D eigenvalue weighted by Gasteiger charge is -2.08. The summed E-state index contributed by atoms with van der Waals surface area (Å²) in [5, 5.41) is 21.1. The fourth-order valence-electron chi connectivity index (χ4n) is 1.44. The highest BCUT2D eigenvalue weighted by molar-refractivity contribution is 5.87. The van der Waals surface area contributed by atoms with Crippen molar-refractivity contribution in [2.24, 2.45) is 5.92 Å². The number of non-ortho nitro benzene ring substituents is 1. The van der Waals surface area contributed by atoms with Crippen LogP contribution < -0.4 is 5.32 Å². The smallest absolute Gasteiger partial charge is 0.302 e. The normalized spacial score (nSPS) is 11.0. The first kappa shape index (κ1) is 11.3. The monoisotopic (exact) mass is 236 g/mol. The molecule has 1 heterocycles. The van der Waals surface area contributed by atoms with Crippen molar-refractivity contribution in [1.29, 1.82) is 0 Å². The second kappa shape index (κ2) is 4.36. The molecule has 1 aromatic heterocycles. The number of nitrogens with zero attached hydrogens (tertiary/aromatic N) is 3. The lowest BCUT2D eigenvalue weighted by molar-refractivity contribution is -0.383. The van der Waals surface area contributed by atoms with E-state index in [0.29, 0.717) is 17.1 Å². The van der Waals surface area contributed by atoms with Crippen molar-refractivity contribution in [1.82, 2.24) is 10.3 Å². The third kappa shape index (κ3) is 2.32. The summed E-state index contributed by atoms with van der Waals surface area (Å²) in [5.41, 5.74) is 1.10. The SMILES string of the molecule is CC(C)CNc1cc([N+](=O)[O-])c2nonc2c1. The average Bonchev–Trinajstić information content (AvgIpc) is 2.72. The van der Waals surface area contributed by atoms with Crippen molar-refractivity contribution >= 4 is 22.4 Å². The van der Waals surface area contributed by atoms with Gasteiger partial charge in [-0.15, -0.1) is 0 Å². The number of rotatable bonds is 4. The molecule has 1 aromatic carbocycles. The van der Waals surface area contributed by atoms with Crippen LogP contribution in [-0.4, -0.2) is 21.8 Å². The summed E-state index contributed by atoms with van der Waals surface area (Å²) in [5.74, 6) is 0.445. The van der Waals surface area contributed by atoms with E-state index in [-0.39, 0.29) is 11.2 Å². The van der Waals surface area contributed by atoms with Crippen LogP contribution in [0.3, 0.4) is 0 Å². The highest BCUT2D eigenvalue weighted by Crippen LogP contribution is 2.27. The Balaban J connectivity index is 2.40. The molecule has 0 fully saturated rings. The zero-order chi connectivity index (χ0) is 12.4. The largest absolute Gasteiger partial charge is 0.385 e. The molecule has 0 atom stereocenters. The van der Waals surface area contributed by atoms with Gasteiger partial charge in [-0.2, -0.15) is 0 Å². The predicted octanol–water partition coefficient (Wildman–Crippen LogP) is 2.20. The molecule has 1 N–H and O–H groups in total. The van der Waals surface area contributed by atoms with Crippen molar-refractivity contribution in [3.05, 3.63) is 22.2 Å². The summed E-state index contributed by atoms with van der Waals surface area (Å²) >= 11 is 0. The van der Waals surface area contributed by atoms with Gasteiger partial charge in [0.2, 0.25) is 5.52 Å². The van der Waals surface area contributed by atoms with E-state index in [0.717, 1.165) is 6.54 Å². The van der Waals surface area contributed by atoms with Gasteiger partial charge in [-0.25, -0.2) is 4.63 Å². The molecule has 0 saturated heterocycles. The van der Waals surface area contributed by atoms with Crippen molar-refractivity contribution < 1.29 is 9.55 Å². The van der Waals surface area contributed by atoms with E-state index in [1.807, 2.05) is 0 Å². The summed E-state index contributed by atoms with van der Waals surface area (Å²) in [7, 11) is 0. The fourth-order valence-corrected chi connectivity index (χ4v) is 1.44. The number of nitro benzene ring substituents is 1. The number of anilines is 1. The van der Waals surface area contributed by atoms with Gasteiger partial charge in [-0.1, -0.05) is 13.8 Å². The van der Waals surface area contributed by atoms with Crippen LogP contribution in [0.4, 0.5) is 11.4 Å². The van der Waals surface area contributed by atoms with E-state index < -0.39 is 4.92 Å². The number of nitro groups is 1. The third-order valence-electron chi connectivity index (χ3n) is 2.25. The molecule has 0 bridgehead atoms. The number of aromatic nitrogens is 2. The first-order valence-electron chi connectivity index (χ1n) is 5.22. The second-order valence-corrected chi connectivity index (χ2v) is 4.16. The first-order valence-corrected chi connectivity index (χ1v) is 5.22. The lowest BCUT2D eigenvalue weighted by atomic mass is 10.2. The Morgan fingerprint density at radius 3 is 2.88 bits per heavy atom. The van der Waals surface area contributed by atoms with Gasteiger partial charge in [0.05, 0.1) is 4.92 Å². The minimum absolute atomic E-state index is 0.102. The minimum Gasteiger partial charge on any atom is -0.385 e. The van der Waals surface area contributed by atoms with Gasteiger partial charge in [-0.3, -0.25) is 10.1 Å². The summed E-state index contributed by atoms with van der Waals surface area (Å²) in [6.45, 7) is 4.84. The van der Waals surface area contributed by atoms with E-state index in [1.165, 1.54) is 6.07 Å². The summed E-state index contributed by atoms with van der Waals surface area (Å²) < 4.78 is 4.50. The van der Waals surface area contributed by atoms with Crippen molar-refractivity contribution in [2.45, 2.75) is 13.8 Å². The van der Waals surface area contributed by atoms with E-state index in [1.54, 1.807) is 6.07 Å². The molecule has 7 heteroatoms. The molecule has 2 rings (SSSR count). The molecule has 0 aliphatic rings. The number of benzene rings is 1. The molecule has 17 heavy (non-hydrogen) atoms. The van der Waals surface area contributed by atoms with Crippen LogP contribution in [0.25, 0.3) is 11.0 Å². The quantitative estimate of drug-likeness (QED) is 0.646. The highest BCUT2D eigenvalue weighted by atomic mass is 16.6. The highest BCUT2D eigenvalue weighted by Gasteiger charge is 2.18. The van der Waals surface area contributed by atoms with Crippen LogP contribution in [0, 0.1) is 16.0 Å². The molecule has 0 aliphatic heterocycles. The van der Waals surface area contributed by atoms with Gasteiger partial charge in [0, 0.05) is 18.3 Å². The van der Waals surface area contributed by atoms with Gasteiger partial charge >= 0.3 is 5.69 Å². The van der Waals surface area contributed by atoms with Crippen LogP contribution in [0.2, 0.25) is 0 Å². The molecule has 2 aromatic rings. The third-order valence-corrected chi connectivity index (χ3v) is 2.25. The number of hydrogen-bond acceptors (Lipinski definition) is 6. The predicted molar refractivity (Wildman–Crippen MR) is 61.8 cm³/mol. The molecule has 90 valence electrons. The van der Waals surface area contributed by atoms with Gasteiger partial charge in [0.1, 0.15) is 5.52 Å². The van der Waals surface area contributed by atoms with Gasteiger partial charge in [0.25, 0.3) is 0 Å². The number of fused-ring (bicyclic) bond motifs is 1. The lowest BCUT2D eigenvalue weighted by Crippen LogP contribution is -2.08. The minimum atomic E-state index is -0.493. The Morgan fingerprint density at radius 2 is 2.24 bits per heavy atom. The van der Waals surface area contributed by atoms with Crippen LogP contribution in [0.15, 0.2) is 16.8 Å². The van der Waals surface area contributed by atoms with Crippen LogP contribution in [0.5, 0.6) is 0 Å². The Bertz CT molecular complexity index is 549. The van der Waals surface area contributed by atoms with E-state index in [2.05, 4.69) is 34.1 Å². The van der Waals surface area contributed by atoms with Crippen LogP contribution in [0.1, 0.15) is 13.8 Å². The molecular weight excluding hydrogens is 224 g/mol. The topological polar surface area (TPSA) is 94.1 Å². The fraction of sp³-hybridized carbons (Fsp3) is 0.400. The average molecular weight is 236 g/mol.